The lowest BCUT2D eigenvalue weighted by molar-refractivity contribution is 0.0154. The van der Waals surface area contributed by atoms with Gasteiger partial charge < -0.3 is 15.4 Å². The quantitative estimate of drug-likeness (QED) is 0.402. The van der Waals surface area contributed by atoms with Crippen LogP contribution in [-0.4, -0.2) is 75.2 Å². The molecule has 6 nitrogen and oxygen atoms in total. The van der Waals surface area contributed by atoms with E-state index in [1.54, 1.807) is 7.11 Å². The van der Waals surface area contributed by atoms with Crippen LogP contribution in [0, 0.1) is 0 Å². The van der Waals surface area contributed by atoms with Crippen LogP contribution in [0.25, 0.3) is 0 Å². The van der Waals surface area contributed by atoms with Crippen molar-refractivity contribution in [2.24, 2.45) is 4.99 Å². The number of aliphatic imine (C=N–C) groups is 1. The van der Waals surface area contributed by atoms with Crippen LogP contribution in [0.4, 0.5) is 0 Å². The van der Waals surface area contributed by atoms with Crippen molar-refractivity contribution in [1.29, 1.82) is 0 Å². The number of halogens is 1. The maximum atomic E-state index is 5.18. The van der Waals surface area contributed by atoms with E-state index in [0.29, 0.717) is 6.04 Å². The maximum Gasteiger partial charge on any atom is 0.191 e. The third-order valence-electron chi connectivity index (χ3n) is 4.74. The van der Waals surface area contributed by atoms with Crippen molar-refractivity contribution >= 4 is 29.9 Å². The molecule has 3 heterocycles. The highest BCUT2D eigenvalue weighted by molar-refractivity contribution is 14.0. The molecule has 7 heteroatoms. The Kier molecular flexibility index (Phi) is 7.57. The smallest absolute Gasteiger partial charge is 0.191 e. The first-order valence-corrected chi connectivity index (χ1v) is 8.32. The number of hydrogen-bond donors (Lipinski definition) is 2. The molecule has 3 saturated heterocycles. The third kappa shape index (κ3) is 4.97. The van der Waals surface area contributed by atoms with E-state index < -0.39 is 0 Å². The van der Waals surface area contributed by atoms with E-state index >= 15 is 0 Å². The van der Waals surface area contributed by atoms with Crippen molar-refractivity contribution in [3.8, 4) is 5.75 Å². The van der Waals surface area contributed by atoms with Crippen LogP contribution in [0.2, 0.25) is 0 Å². The van der Waals surface area contributed by atoms with E-state index in [-0.39, 0.29) is 24.0 Å². The van der Waals surface area contributed by atoms with Crippen LogP contribution in [-0.2, 0) is 6.54 Å². The number of hydrogen-bond acceptors (Lipinski definition) is 4. The van der Waals surface area contributed by atoms with Gasteiger partial charge in [0.25, 0.3) is 0 Å². The Morgan fingerprint density at radius 2 is 1.88 bits per heavy atom. The molecule has 0 spiro atoms. The fourth-order valence-electron chi connectivity index (χ4n) is 3.28. The monoisotopic (exact) mass is 445 g/mol. The maximum absolute atomic E-state index is 5.18. The van der Waals surface area contributed by atoms with Crippen LogP contribution in [0.1, 0.15) is 5.56 Å². The molecule has 1 unspecified atom stereocenters. The van der Waals surface area contributed by atoms with Crippen LogP contribution in [0.5, 0.6) is 5.75 Å². The summed E-state index contributed by atoms with van der Waals surface area (Å²) >= 11 is 0. The molecule has 4 rings (SSSR count). The Hall–Kier alpha value is -1.06. The summed E-state index contributed by atoms with van der Waals surface area (Å²) < 4.78 is 5.18. The second kappa shape index (κ2) is 9.43. The largest absolute Gasteiger partial charge is 0.497 e. The van der Waals surface area contributed by atoms with Gasteiger partial charge in [-0.1, -0.05) is 12.1 Å². The van der Waals surface area contributed by atoms with Crippen molar-refractivity contribution < 1.29 is 4.74 Å². The molecule has 0 aromatic heterocycles. The summed E-state index contributed by atoms with van der Waals surface area (Å²) in [6, 6.07) is 8.69. The number of fused-ring (bicyclic) bond motifs is 3. The molecule has 1 aromatic carbocycles. The second-order valence-corrected chi connectivity index (χ2v) is 6.15. The molecule has 0 amide bonds. The summed E-state index contributed by atoms with van der Waals surface area (Å²) in [5.41, 5.74) is 1.21. The van der Waals surface area contributed by atoms with Crippen LogP contribution >= 0.6 is 24.0 Å². The highest BCUT2D eigenvalue weighted by Gasteiger charge is 2.31. The predicted octanol–water partition coefficient (Wildman–Crippen LogP) is 0.978. The molecule has 1 atom stereocenters. The van der Waals surface area contributed by atoms with E-state index in [1.807, 2.05) is 19.2 Å². The molecule has 2 N–H and O–H groups in total. The summed E-state index contributed by atoms with van der Waals surface area (Å²) in [6.07, 6.45) is 0. The summed E-state index contributed by atoms with van der Waals surface area (Å²) in [7, 11) is 3.50. The SMILES string of the molecule is CN=C(NCc1ccc(OC)cc1)NCC1CN2CCN1CC2.I. The zero-order chi connectivity index (χ0) is 16.1. The van der Waals surface area contributed by atoms with Gasteiger partial charge in [-0.15, -0.1) is 24.0 Å². The molecule has 3 aliphatic rings. The van der Waals surface area contributed by atoms with Gasteiger partial charge in [-0.05, 0) is 17.7 Å². The second-order valence-electron chi connectivity index (χ2n) is 6.15. The molecule has 3 aliphatic heterocycles. The number of guanidine groups is 1. The molecule has 0 radical (unpaired) electrons. The number of rotatable bonds is 5. The lowest BCUT2D eigenvalue weighted by Gasteiger charge is -2.47. The first kappa shape index (κ1) is 19.3. The summed E-state index contributed by atoms with van der Waals surface area (Å²) in [4.78, 5) is 9.46. The number of benzene rings is 1. The standard InChI is InChI=1S/C17H27N5O.HI/c1-18-17(19-11-14-3-5-16(23-2)6-4-14)20-12-15-13-21-7-9-22(15)10-8-21;/h3-6,15H,7-13H2,1-2H3,(H2,18,19,20);1H. The van der Waals surface area contributed by atoms with Gasteiger partial charge in [0.15, 0.2) is 5.96 Å². The van der Waals surface area contributed by atoms with E-state index in [0.717, 1.165) is 24.8 Å². The Labute approximate surface area is 161 Å². The number of piperazine rings is 3. The van der Waals surface area contributed by atoms with Gasteiger partial charge in [-0.2, -0.15) is 0 Å². The number of methoxy groups -OCH3 is 1. The van der Waals surface area contributed by atoms with Gasteiger partial charge in [0.05, 0.1) is 7.11 Å². The van der Waals surface area contributed by atoms with Crippen molar-refractivity contribution in [1.82, 2.24) is 20.4 Å². The number of nitrogens with zero attached hydrogens (tertiary/aromatic N) is 3. The van der Waals surface area contributed by atoms with Gasteiger partial charge in [0.1, 0.15) is 5.75 Å². The minimum Gasteiger partial charge on any atom is -0.497 e. The fourth-order valence-corrected chi connectivity index (χ4v) is 3.28. The molecular weight excluding hydrogens is 417 g/mol. The van der Waals surface area contributed by atoms with Crippen LogP contribution < -0.4 is 15.4 Å². The molecule has 0 saturated carbocycles. The summed E-state index contributed by atoms with van der Waals surface area (Å²) in [5, 5.41) is 6.84. The molecule has 134 valence electrons. The Morgan fingerprint density at radius 3 is 2.42 bits per heavy atom. The number of ether oxygens (including phenoxy) is 1. The lowest BCUT2D eigenvalue weighted by atomic mass is 10.1. The van der Waals surface area contributed by atoms with Crippen molar-refractivity contribution in [2.45, 2.75) is 12.6 Å². The van der Waals surface area contributed by atoms with Crippen LogP contribution in [0.3, 0.4) is 0 Å². The highest BCUT2D eigenvalue weighted by atomic mass is 127. The predicted molar refractivity (Wildman–Crippen MR) is 108 cm³/mol. The first-order chi connectivity index (χ1) is 11.3. The Morgan fingerprint density at radius 1 is 1.17 bits per heavy atom. The minimum absolute atomic E-state index is 0. The van der Waals surface area contributed by atoms with Gasteiger partial charge in [-0.25, -0.2) is 0 Å². The Bertz CT molecular complexity index is 528. The van der Waals surface area contributed by atoms with E-state index in [9.17, 15) is 0 Å². The topological polar surface area (TPSA) is 52.1 Å². The van der Waals surface area contributed by atoms with Crippen molar-refractivity contribution in [3.63, 3.8) is 0 Å². The van der Waals surface area contributed by atoms with E-state index in [4.69, 9.17) is 4.74 Å². The molecule has 2 bridgehead atoms. The zero-order valence-electron chi connectivity index (χ0n) is 14.5. The average molecular weight is 445 g/mol. The fraction of sp³-hybridized carbons (Fsp3) is 0.588. The average Bonchev–Trinajstić information content (AvgIpc) is 2.63. The molecular formula is C17H28IN5O. The minimum atomic E-state index is 0. The van der Waals surface area contributed by atoms with Gasteiger partial charge >= 0.3 is 0 Å². The molecule has 24 heavy (non-hydrogen) atoms. The van der Waals surface area contributed by atoms with Gasteiger partial charge in [0, 0.05) is 58.9 Å². The highest BCUT2D eigenvalue weighted by Crippen LogP contribution is 2.14. The van der Waals surface area contributed by atoms with Crippen molar-refractivity contribution in [3.05, 3.63) is 29.8 Å². The summed E-state index contributed by atoms with van der Waals surface area (Å²) in [5.74, 6) is 1.74. The third-order valence-corrected chi connectivity index (χ3v) is 4.74. The van der Waals surface area contributed by atoms with E-state index in [2.05, 4.69) is 37.6 Å². The zero-order valence-corrected chi connectivity index (χ0v) is 16.8. The number of nitrogens with one attached hydrogen (secondary N) is 2. The van der Waals surface area contributed by atoms with Crippen molar-refractivity contribution in [2.75, 3.05) is 53.4 Å². The summed E-state index contributed by atoms with van der Waals surface area (Å²) in [6.45, 7) is 7.71. The molecule has 0 aliphatic carbocycles. The van der Waals surface area contributed by atoms with Crippen LogP contribution in [0.15, 0.2) is 29.3 Å². The lowest BCUT2D eigenvalue weighted by Crippen LogP contribution is -2.63. The van der Waals surface area contributed by atoms with Gasteiger partial charge in [-0.3, -0.25) is 14.8 Å². The Balaban J connectivity index is 0.00000208. The van der Waals surface area contributed by atoms with Gasteiger partial charge in [0.2, 0.25) is 0 Å². The molecule has 3 fully saturated rings. The molecule has 1 aromatic rings. The van der Waals surface area contributed by atoms with E-state index in [1.165, 1.54) is 38.3 Å². The normalized spacial score (nSPS) is 25.8. The first-order valence-electron chi connectivity index (χ1n) is 8.32.